The summed E-state index contributed by atoms with van der Waals surface area (Å²) in [5, 5.41) is 3.13. The van der Waals surface area contributed by atoms with Gasteiger partial charge in [0.2, 0.25) is 0 Å². The predicted molar refractivity (Wildman–Crippen MR) is 60.5 cm³/mol. The van der Waals surface area contributed by atoms with Gasteiger partial charge in [-0.05, 0) is 13.1 Å². The third-order valence-electron chi connectivity index (χ3n) is 2.06. The van der Waals surface area contributed by atoms with Gasteiger partial charge in [-0.3, -0.25) is 4.98 Å². The zero-order chi connectivity index (χ0) is 10.4. The Balaban J connectivity index is 2.87. The van der Waals surface area contributed by atoms with Crippen molar-refractivity contribution in [2.24, 2.45) is 0 Å². The molecular formula is C11H17N3. The zero-order valence-corrected chi connectivity index (χ0v) is 8.83. The molecule has 0 fully saturated rings. The first-order chi connectivity index (χ1) is 6.79. The first kappa shape index (κ1) is 10.7. The van der Waals surface area contributed by atoms with Crippen LogP contribution in [-0.2, 0) is 6.54 Å². The van der Waals surface area contributed by atoms with Crippen molar-refractivity contribution in [3.05, 3.63) is 36.7 Å². The number of hydrogen-bond acceptors (Lipinski definition) is 3. The highest BCUT2D eigenvalue weighted by atomic mass is 15.1. The van der Waals surface area contributed by atoms with E-state index in [2.05, 4.69) is 28.8 Å². The molecular weight excluding hydrogens is 174 g/mol. The molecule has 0 unspecified atom stereocenters. The van der Waals surface area contributed by atoms with Gasteiger partial charge in [0.15, 0.2) is 0 Å². The van der Waals surface area contributed by atoms with Crippen molar-refractivity contribution in [1.82, 2.24) is 10.3 Å². The lowest BCUT2D eigenvalue weighted by molar-refractivity contribution is 0.807. The lowest BCUT2D eigenvalue weighted by atomic mass is 10.2. The summed E-state index contributed by atoms with van der Waals surface area (Å²) < 4.78 is 0. The Labute approximate surface area is 85.5 Å². The van der Waals surface area contributed by atoms with Gasteiger partial charge in [0.05, 0.1) is 0 Å². The fourth-order valence-corrected chi connectivity index (χ4v) is 1.41. The van der Waals surface area contributed by atoms with E-state index in [9.17, 15) is 0 Å². The van der Waals surface area contributed by atoms with Crippen molar-refractivity contribution in [3.63, 3.8) is 0 Å². The van der Waals surface area contributed by atoms with E-state index in [1.165, 1.54) is 11.3 Å². The molecule has 14 heavy (non-hydrogen) atoms. The van der Waals surface area contributed by atoms with Crippen LogP contribution in [0.15, 0.2) is 31.1 Å². The number of nitrogens with one attached hydrogen (secondary N) is 1. The fourth-order valence-electron chi connectivity index (χ4n) is 1.41. The predicted octanol–water partition coefficient (Wildman–Crippen LogP) is 1.42. The second kappa shape index (κ2) is 5.40. The van der Waals surface area contributed by atoms with Gasteiger partial charge in [0.1, 0.15) is 0 Å². The molecule has 1 aromatic heterocycles. The van der Waals surface area contributed by atoms with Gasteiger partial charge in [0.25, 0.3) is 0 Å². The van der Waals surface area contributed by atoms with Crippen molar-refractivity contribution in [2.75, 3.05) is 25.5 Å². The summed E-state index contributed by atoms with van der Waals surface area (Å²) in [6.45, 7) is 5.41. The van der Waals surface area contributed by atoms with E-state index in [0.717, 1.165) is 13.1 Å². The molecule has 0 saturated heterocycles. The van der Waals surface area contributed by atoms with Crippen molar-refractivity contribution in [1.29, 1.82) is 0 Å². The Morgan fingerprint density at radius 2 is 2.43 bits per heavy atom. The summed E-state index contributed by atoms with van der Waals surface area (Å²) in [5.41, 5.74) is 2.41. The average molecular weight is 191 g/mol. The van der Waals surface area contributed by atoms with Crippen molar-refractivity contribution in [2.45, 2.75) is 6.54 Å². The van der Waals surface area contributed by atoms with E-state index in [1.807, 2.05) is 31.6 Å². The zero-order valence-electron chi connectivity index (χ0n) is 8.83. The summed E-state index contributed by atoms with van der Waals surface area (Å²) in [7, 11) is 3.99. The van der Waals surface area contributed by atoms with Crippen LogP contribution in [0.25, 0.3) is 0 Å². The van der Waals surface area contributed by atoms with Crippen LogP contribution >= 0.6 is 0 Å². The van der Waals surface area contributed by atoms with Gasteiger partial charge in [-0.25, -0.2) is 0 Å². The van der Waals surface area contributed by atoms with Crippen LogP contribution in [-0.4, -0.2) is 25.6 Å². The molecule has 0 atom stereocenters. The Bertz CT molecular complexity index is 296. The molecule has 0 aliphatic heterocycles. The van der Waals surface area contributed by atoms with Crippen LogP contribution in [0.4, 0.5) is 5.69 Å². The minimum absolute atomic E-state index is 0.838. The van der Waals surface area contributed by atoms with Gasteiger partial charge >= 0.3 is 0 Å². The van der Waals surface area contributed by atoms with Gasteiger partial charge in [-0.2, -0.15) is 0 Å². The Morgan fingerprint density at radius 1 is 1.64 bits per heavy atom. The number of nitrogens with zero attached hydrogens (tertiary/aromatic N) is 2. The summed E-state index contributed by atoms with van der Waals surface area (Å²) in [5.74, 6) is 0. The molecule has 1 heterocycles. The van der Waals surface area contributed by atoms with Crippen LogP contribution in [0, 0.1) is 0 Å². The second-order valence-corrected chi connectivity index (χ2v) is 3.20. The molecule has 0 radical (unpaired) electrons. The monoisotopic (exact) mass is 191 g/mol. The fraction of sp³-hybridized carbons (Fsp3) is 0.364. The van der Waals surface area contributed by atoms with Crippen LogP contribution in [0.1, 0.15) is 5.56 Å². The standard InChI is InChI=1S/C11H17N3/c1-4-7-14(3)11-5-6-13-9-10(11)8-12-2/h4-6,9,12H,1,7-8H2,2-3H3. The highest BCUT2D eigenvalue weighted by Crippen LogP contribution is 2.17. The summed E-state index contributed by atoms with van der Waals surface area (Å²) in [4.78, 5) is 6.27. The average Bonchev–Trinajstić information content (AvgIpc) is 2.19. The largest absolute Gasteiger partial charge is 0.371 e. The Kier molecular flexibility index (Phi) is 4.13. The molecule has 0 bridgehead atoms. The molecule has 0 spiro atoms. The van der Waals surface area contributed by atoms with E-state index in [4.69, 9.17) is 0 Å². The van der Waals surface area contributed by atoms with Crippen LogP contribution in [0.3, 0.4) is 0 Å². The molecule has 1 N–H and O–H groups in total. The summed E-state index contributed by atoms with van der Waals surface area (Å²) in [6.07, 6.45) is 5.60. The normalized spacial score (nSPS) is 9.86. The molecule has 3 nitrogen and oxygen atoms in total. The molecule has 0 amide bonds. The van der Waals surface area contributed by atoms with Crippen molar-refractivity contribution in [3.8, 4) is 0 Å². The van der Waals surface area contributed by atoms with E-state index in [-0.39, 0.29) is 0 Å². The first-order valence-electron chi connectivity index (χ1n) is 4.69. The quantitative estimate of drug-likeness (QED) is 0.713. The number of anilines is 1. The number of rotatable bonds is 5. The molecule has 0 aliphatic carbocycles. The van der Waals surface area contributed by atoms with Crippen LogP contribution in [0.2, 0.25) is 0 Å². The minimum atomic E-state index is 0.838. The number of likely N-dealkylation sites (N-methyl/N-ethyl adjacent to an activating group) is 1. The van der Waals surface area contributed by atoms with Gasteiger partial charge in [-0.15, -0.1) is 6.58 Å². The van der Waals surface area contributed by atoms with E-state index >= 15 is 0 Å². The first-order valence-corrected chi connectivity index (χ1v) is 4.69. The molecule has 0 saturated carbocycles. The highest BCUT2D eigenvalue weighted by Gasteiger charge is 2.04. The van der Waals surface area contributed by atoms with Crippen molar-refractivity contribution >= 4 is 5.69 Å². The molecule has 1 rings (SSSR count). The number of pyridine rings is 1. The lowest BCUT2D eigenvalue weighted by Crippen LogP contribution is -2.20. The van der Waals surface area contributed by atoms with Crippen LogP contribution < -0.4 is 10.2 Å². The number of aromatic nitrogens is 1. The third-order valence-corrected chi connectivity index (χ3v) is 2.06. The number of hydrogen-bond donors (Lipinski definition) is 1. The van der Waals surface area contributed by atoms with E-state index < -0.39 is 0 Å². The molecule has 0 aliphatic rings. The maximum Gasteiger partial charge on any atom is 0.0443 e. The van der Waals surface area contributed by atoms with Gasteiger partial charge in [-0.1, -0.05) is 6.08 Å². The SMILES string of the molecule is C=CCN(C)c1ccncc1CNC. The minimum Gasteiger partial charge on any atom is -0.371 e. The van der Waals surface area contributed by atoms with Gasteiger partial charge < -0.3 is 10.2 Å². The molecule has 76 valence electrons. The van der Waals surface area contributed by atoms with E-state index in [1.54, 1.807) is 0 Å². The lowest BCUT2D eigenvalue weighted by Gasteiger charge is -2.20. The van der Waals surface area contributed by atoms with Crippen LogP contribution in [0.5, 0.6) is 0 Å². The maximum absolute atomic E-state index is 4.11. The Hall–Kier alpha value is -1.35. The summed E-state index contributed by atoms with van der Waals surface area (Å²) in [6, 6.07) is 2.02. The van der Waals surface area contributed by atoms with Gasteiger partial charge in [0, 0.05) is 43.8 Å². The topological polar surface area (TPSA) is 28.2 Å². The second-order valence-electron chi connectivity index (χ2n) is 3.20. The maximum atomic E-state index is 4.11. The van der Waals surface area contributed by atoms with Crippen molar-refractivity contribution < 1.29 is 0 Å². The van der Waals surface area contributed by atoms with E-state index in [0.29, 0.717) is 0 Å². The molecule has 1 aromatic rings. The Morgan fingerprint density at radius 3 is 3.07 bits per heavy atom. The highest BCUT2D eigenvalue weighted by molar-refractivity contribution is 5.51. The smallest absolute Gasteiger partial charge is 0.0443 e. The third kappa shape index (κ3) is 2.57. The molecule has 0 aromatic carbocycles. The summed E-state index contributed by atoms with van der Waals surface area (Å²) >= 11 is 0. The molecule has 3 heteroatoms.